The average molecular weight is 186 g/mol. The van der Waals surface area contributed by atoms with Gasteiger partial charge in [-0.3, -0.25) is 4.79 Å². The fraction of sp³-hybridized carbons (Fsp3) is 0.909. The number of hydrogen-bond acceptors (Lipinski definition) is 2. The molecule has 0 aromatic rings. The molecule has 0 aromatic carbocycles. The van der Waals surface area contributed by atoms with Crippen molar-refractivity contribution in [1.29, 1.82) is 0 Å². The molecule has 0 unspecified atom stereocenters. The molecule has 0 amide bonds. The quantitative estimate of drug-likeness (QED) is 0.596. The second kappa shape index (κ2) is 6.14. The van der Waals surface area contributed by atoms with Crippen molar-refractivity contribution in [3.05, 3.63) is 0 Å². The number of carbonyl (C=O) groups excluding carboxylic acids is 1. The van der Waals surface area contributed by atoms with Crippen LogP contribution in [0.2, 0.25) is 0 Å². The number of hydrogen-bond donors (Lipinski definition) is 0. The van der Waals surface area contributed by atoms with Crippen molar-refractivity contribution in [3.63, 3.8) is 0 Å². The number of ether oxygens (including phenoxy) is 1. The van der Waals surface area contributed by atoms with Gasteiger partial charge in [0.1, 0.15) is 5.78 Å². The highest BCUT2D eigenvalue weighted by atomic mass is 16.5. The van der Waals surface area contributed by atoms with Crippen LogP contribution in [0, 0.1) is 5.41 Å². The maximum atomic E-state index is 10.6. The van der Waals surface area contributed by atoms with Gasteiger partial charge in [0, 0.05) is 13.0 Å². The van der Waals surface area contributed by atoms with Crippen LogP contribution < -0.4 is 0 Å². The van der Waals surface area contributed by atoms with E-state index in [1.807, 2.05) is 0 Å². The zero-order valence-electron chi connectivity index (χ0n) is 9.35. The van der Waals surface area contributed by atoms with E-state index in [1.54, 1.807) is 6.92 Å². The van der Waals surface area contributed by atoms with Crippen molar-refractivity contribution in [3.8, 4) is 0 Å². The van der Waals surface area contributed by atoms with Crippen LogP contribution >= 0.6 is 0 Å². The first-order valence-corrected chi connectivity index (χ1v) is 4.99. The smallest absolute Gasteiger partial charge is 0.132 e. The molecule has 2 nitrogen and oxygen atoms in total. The lowest BCUT2D eigenvalue weighted by Gasteiger charge is -2.17. The van der Waals surface area contributed by atoms with Crippen molar-refractivity contribution in [2.24, 2.45) is 5.41 Å². The minimum atomic E-state index is 0.204. The number of Topliss-reactive ketones (excluding diaryl/α,β-unsaturated/α-hetero) is 1. The Labute approximate surface area is 81.7 Å². The molecule has 0 radical (unpaired) electrons. The molecule has 0 aliphatic rings. The summed E-state index contributed by atoms with van der Waals surface area (Å²) in [5.41, 5.74) is 0.393. The van der Waals surface area contributed by atoms with E-state index in [4.69, 9.17) is 4.74 Å². The molecule has 0 aromatic heterocycles. The van der Waals surface area contributed by atoms with Crippen LogP contribution in [0.15, 0.2) is 0 Å². The first kappa shape index (κ1) is 12.6. The van der Waals surface area contributed by atoms with Gasteiger partial charge in [-0.25, -0.2) is 0 Å². The third kappa shape index (κ3) is 11.6. The SMILES string of the molecule is CC(=O)CCOCCCC(C)(C)C. The lowest BCUT2D eigenvalue weighted by atomic mass is 9.91. The van der Waals surface area contributed by atoms with Crippen LogP contribution in [-0.4, -0.2) is 19.0 Å². The van der Waals surface area contributed by atoms with E-state index in [-0.39, 0.29) is 5.78 Å². The number of rotatable bonds is 6. The van der Waals surface area contributed by atoms with Crippen molar-refractivity contribution >= 4 is 5.78 Å². The van der Waals surface area contributed by atoms with Gasteiger partial charge in [-0.2, -0.15) is 0 Å². The van der Waals surface area contributed by atoms with E-state index in [0.717, 1.165) is 13.0 Å². The lowest BCUT2D eigenvalue weighted by Crippen LogP contribution is -2.08. The Morgan fingerprint density at radius 3 is 2.31 bits per heavy atom. The Kier molecular flexibility index (Phi) is 5.97. The van der Waals surface area contributed by atoms with Crippen molar-refractivity contribution < 1.29 is 9.53 Å². The largest absolute Gasteiger partial charge is 0.381 e. The minimum absolute atomic E-state index is 0.204. The van der Waals surface area contributed by atoms with Gasteiger partial charge in [-0.05, 0) is 25.2 Å². The maximum absolute atomic E-state index is 10.6. The van der Waals surface area contributed by atoms with Crippen LogP contribution in [0.3, 0.4) is 0 Å². The van der Waals surface area contributed by atoms with E-state index in [2.05, 4.69) is 20.8 Å². The zero-order chi connectivity index (χ0) is 10.3. The molecule has 0 saturated carbocycles. The van der Waals surface area contributed by atoms with E-state index in [0.29, 0.717) is 18.4 Å². The van der Waals surface area contributed by atoms with Gasteiger partial charge in [-0.1, -0.05) is 20.8 Å². The topological polar surface area (TPSA) is 26.3 Å². The van der Waals surface area contributed by atoms with Crippen molar-refractivity contribution in [1.82, 2.24) is 0 Å². The molecule has 0 aliphatic heterocycles. The van der Waals surface area contributed by atoms with Gasteiger partial charge in [0.15, 0.2) is 0 Å². The first-order chi connectivity index (χ1) is 5.92. The van der Waals surface area contributed by atoms with E-state index in [9.17, 15) is 4.79 Å². The normalized spacial score (nSPS) is 11.7. The Morgan fingerprint density at radius 2 is 1.85 bits per heavy atom. The highest BCUT2D eigenvalue weighted by molar-refractivity contribution is 5.75. The van der Waals surface area contributed by atoms with Gasteiger partial charge in [-0.15, -0.1) is 0 Å². The summed E-state index contributed by atoms with van der Waals surface area (Å²) in [6.45, 7) is 9.64. The molecular weight excluding hydrogens is 164 g/mol. The molecule has 0 spiro atoms. The van der Waals surface area contributed by atoms with Crippen molar-refractivity contribution in [2.45, 2.75) is 47.0 Å². The van der Waals surface area contributed by atoms with E-state index >= 15 is 0 Å². The maximum Gasteiger partial charge on any atom is 0.132 e. The van der Waals surface area contributed by atoms with E-state index in [1.165, 1.54) is 6.42 Å². The summed E-state index contributed by atoms with van der Waals surface area (Å²) < 4.78 is 5.32. The molecule has 0 heterocycles. The summed E-state index contributed by atoms with van der Waals surface area (Å²) in [4.78, 5) is 10.6. The molecule has 0 N–H and O–H groups in total. The van der Waals surface area contributed by atoms with Gasteiger partial charge in [0.2, 0.25) is 0 Å². The second-order valence-electron chi connectivity index (χ2n) is 4.73. The standard InChI is InChI=1S/C11H22O2/c1-10(12)6-9-13-8-5-7-11(2,3)4/h5-9H2,1-4H3. The van der Waals surface area contributed by atoms with Crippen molar-refractivity contribution in [2.75, 3.05) is 13.2 Å². The van der Waals surface area contributed by atoms with Crippen LogP contribution in [0.1, 0.15) is 47.0 Å². The van der Waals surface area contributed by atoms with Gasteiger partial charge in [0.05, 0.1) is 6.61 Å². The van der Waals surface area contributed by atoms with Gasteiger partial charge < -0.3 is 4.74 Å². The lowest BCUT2D eigenvalue weighted by molar-refractivity contribution is -0.118. The van der Waals surface area contributed by atoms with Crippen LogP contribution in [-0.2, 0) is 9.53 Å². The molecule has 0 bridgehead atoms. The predicted molar refractivity (Wildman–Crippen MR) is 54.8 cm³/mol. The minimum Gasteiger partial charge on any atom is -0.381 e. The summed E-state index contributed by atoms with van der Waals surface area (Å²) in [5, 5.41) is 0. The Morgan fingerprint density at radius 1 is 1.23 bits per heavy atom. The van der Waals surface area contributed by atoms with Crippen LogP contribution in [0.4, 0.5) is 0 Å². The summed E-state index contributed by atoms with van der Waals surface area (Å²) >= 11 is 0. The molecule has 0 atom stereocenters. The van der Waals surface area contributed by atoms with Crippen LogP contribution in [0.25, 0.3) is 0 Å². The number of ketones is 1. The molecule has 2 heteroatoms. The number of carbonyl (C=O) groups is 1. The molecule has 78 valence electrons. The molecule has 0 aliphatic carbocycles. The van der Waals surface area contributed by atoms with Gasteiger partial charge >= 0.3 is 0 Å². The van der Waals surface area contributed by atoms with Gasteiger partial charge in [0.25, 0.3) is 0 Å². The first-order valence-electron chi connectivity index (χ1n) is 4.99. The highest BCUT2D eigenvalue weighted by Gasteiger charge is 2.08. The zero-order valence-corrected chi connectivity index (χ0v) is 9.35. The Hall–Kier alpha value is -0.370. The van der Waals surface area contributed by atoms with E-state index < -0.39 is 0 Å². The molecule has 13 heavy (non-hydrogen) atoms. The molecule has 0 rings (SSSR count). The Bertz CT molecular complexity index is 145. The third-order valence-electron chi connectivity index (χ3n) is 1.81. The Balaban J connectivity index is 3.13. The second-order valence-corrected chi connectivity index (χ2v) is 4.73. The fourth-order valence-corrected chi connectivity index (χ4v) is 1.02. The summed E-state index contributed by atoms with van der Waals surface area (Å²) in [6.07, 6.45) is 2.81. The predicted octanol–water partition coefficient (Wildman–Crippen LogP) is 2.81. The summed E-state index contributed by atoms with van der Waals surface area (Å²) in [6, 6.07) is 0. The fourth-order valence-electron chi connectivity index (χ4n) is 1.02. The average Bonchev–Trinajstić information content (AvgIpc) is 1.93. The molecule has 0 fully saturated rings. The molecular formula is C11H22O2. The summed E-state index contributed by atoms with van der Waals surface area (Å²) in [7, 11) is 0. The highest BCUT2D eigenvalue weighted by Crippen LogP contribution is 2.20. The monoisotopic (exact) mass is 186 g/mol. The van der Waals surface area contributed by atoms with Crippen LogP contribution in [0.5, 0.6) is 0 Å². The summed E-state index contributed by atoms with van der Waals surface area (Å²) in [5.74, 6) is 0.204. The third-order valence-corrected chi connectivity index (χ3v) is 1.81. The molecule has 0 saturated heterocycles.